The van der Waals surface area contributed by atoms with E-state index in [0.717, 1.165) is 6.20 Å². The summed E-state index contributed by atoms with van der Waals surface area (Å²) in [7, 11) is 0. The molecular formula is C7H10F4N2. The van der Waals surface area contributed by atoms with Crippen molar-refractivity contribution in [1.29, 1.82) is 0 Å². The smallest absolute Gasteiger partial charge is 0.359 e. The molecule has 0 aromatic heterocycles. The van der Waals surface area contributed by atoms with Crippen molar-refractivity contribution in [2.45, 2.75) is 19.4 Å². The fraction of sp³-hybridized carbons (Fsp3) is 0.714. The van der Waals surface area contributed by atoms with Gasteiger partial charge in [-0.05, 0) is 6.92 Å². The summed E-state index contributed by atoms with van der Waals surface area (Å²) in [5.41, 5.74) is 0. The fourth-order valence-electron chi connectivity index (χ4n) is 0.989. The highest BCUT2D eigenvalue weighted by Gasteiger charge is 2.47. The van der Waals surface area contributed by atoms with Gasteiger partial charge >= 0.3 is 12.5 Å². The second-order valence-electron chi connectivity index (χ2n) is 2.70. The van der Waals surface area contributed by atoms with Crippen molar-refractivity contribution in [2.75, 3.05) is 13.2 Å². The Morgan fingerprint density at radius 2 is 2.00 bits per heavy atom. The minimum absolute atomic E-state index is 0.187. The number of alkyl halides is 4. The van der Waals surface area contributed by atoms with Crippen LogP contribution in [0.5, 0.6) is 0 Å². The Balaban J connectivity index is 2.61. The van der Waals surface area contributed by atoms with Crippen molar-refractivity contribution in [3.8, 4) is 0 Å². The third kappa shape index (κ3) is 1.87. The molecule has 0 fully saturated rings. The molecule has 0 unspecified atom stereocenters. The highest BCUT2D eigenvalue weighted by molar-refractivity contribution is 4.94. The van der Waals surface area contributed by atoms with Crippen molar-refractivity contribution < 1.29 is 17.6 Å². The first kappa shape index (κ1) is 10.1. The molecular weight excluding hydrogens is 188 g/mol. The molecule has 0 amide bonds. The van der Waals surface area contributed by atoms with Crippen LogP contribution >= 0.6 is 0 Å². The van der Waals surface area contributed by atoms with Crippen molar-refractivity contribution in [1.82, 2.24) is 9.80 Å². The van der Waals surface area contributed by atoms with Crippen molar-refractivity contribution in [2.24, 2.45) is 0 Å². The number of hydrogen-bond acceptors (Lipinski definition) is 2. The molecule has 2 nitrogen and oxygen atoms in total. The van der Waals surface area contributed by atoms with Crippen LogP contribution in [0.1, 0.15) is 6.92 Å². The van der Waals surface area contributed by atoms with Gasteiger partial charge in [0.25, 0.3) is 0 Å². The largest absolute Gasteiger partial charge is 0.386 e. The standard InChI is InChI=1S/C7H10F4N2/c1-2-12-3-4-13(5-12)7(10,11)6(8)9/h3-4,6H,2,5H2,1H3. The van der Waals surface area contributed by atoms with Crippen LogP contribution in [0.3, 0.4) is 0 Å². The predicted molar refractivity (Wildman–Crippen MR) is 39.2 cm³/mol. The van der Waals surface area contributed by atoms with Crippen LogP contribution in [0.2, 0.25) is 0 Å². The zero-order valence-corrected chi connectivity index (χ0v) is 7.05. The zero-order valence-electron chi connectivity index (χ0n) is 7.05. The monoisotopic (exact) mass is 198 g/mol. The van der Waals surface area contributed by atoms with E-state index in [1.807, 2.05) is 0 Å². The Hall–Kier alpha value is -0.940. The van der Waals surface area contributed by atoms with E-state index in [1.54, 1.807) is 6.92 Å². The molecule has 0 saturated heterocycles. The van der Waals surface area contributed by atoms with E-state index in [9.17, 15) is 17.6 Å². The average Bonchev–Trinajstić information content (AvgIpc) is 2.51. The van der Waals surface area contributed by atoms with Gasteiger partial charge in [0, 0.05) is 18.9 Å². The summed E-state index contributed by atoms with van der Waals surface area (Å²) in [6, 6.07) is -4.07. The molecule has 0 saturated carbocycles. The first-order chi connectivity index (χ1) is 5.98. The molecule has 0 N–H and O–H groups in total. The second kappa shape index (κ2) is 3.43. The maximum absolute atomic E-state index is 12.7. The topological polar surface area (TPSA) is 6.48 Å². The summed E-state index contributed by atoms with van der Waals surface area (Å²) in [5.74, 6) is 0. The molecule has 1 aliphatic rings. The van der Waals surface area contributed by atoms with Crippen molar-refractivity contribution >= 4 is 0 Å². The summed E-state index contributed by atoms with van der Waals surface area (Å²) >= 11 is 0. The van der Waals surface area contributed by atoms with E-state index in [0.29, 0.717) is 11.4 Å². The normalized spacial score (nSPS) is 17.7. The third-order valence-electron chi connectivity index (χ3n) is 1.84. The maximum Gasteiger partial charge on any atom is 0.386 e. The molecule has 0 spiro atoms. The molecule has 1 rings (SSSR count). The minimum atomic E-state index is -4.07. The molecule has 1 aliphatic heterocycles. The number of rotatable bonds is 3. The summed E-state index contributed by atoms with van der Waals surface area (Å²) in [4.78, 5) is 1.84. The van der Waals surface area contributed by atoms with Gasteiger partial charge in [-0.1, -0.05) is 0 Å². The lowest BCUT2D eigenvalue weighted by Gasteiger charge is -2.27. The Morgan fingerprint density at radius 1 is 1.38 bits per heavy atom. The van der Waals surface area contributed by atoms with Gasteiger partial charge in [0.2, 0.25) is 0 Å². The van der Waals surface area contributed by atoms with Gasteiger partial charge in [0.1, 0.15) is 0 Å². The Labute approximate surface area is 73.4 Å². The van der Waals surface area contributed by atoms with Gasteiger partial charge in [-0.2, -0.15) is 8.78 Å². The van der Waals surface area contributed by atoms with E-state index in [2.05, 4.69) is 0 Å². The number of hydrogen-bond donors (Lipinski definition) is 0. The summed E-state index contributed by atoms with van der Waals surface area (Å²) in [5, 5.41) is 0. The number of nitrogens with zero attached hydrogens (tertiary/aromatic N) is 2. The van der Waals surface area contributed by atoms with Gasteiger partial charge in [-0.3, -0.25) is 4.90 Å². The van der Waals surface area contributed by atoms with Crippen molar-refractivity contribution in [3.63, 3.8) is 0 Å². The van der Waals surface area contributed by atoms with Crippen LogP contribution in [-0.4, -0.2) is 35.5 Å². The zero-order chi connectivity index (χ0) is 10.1. The molecule has 0 radical (unpaired) electrons. The third-order valence-corrected chi connectivity index (χ3v) is 1.84. The van der Waals surface area contributed by atoms with Gasteiger partial charge in [0.05, 0.1) is 6.67 Å². The molecule has 0 aromatic carbocycles. The first-order valence-electron chi connectivity index (χ1n) is 3.83. The summed E-state index contributed by atoms with van der Waals surface area (Å²) in [6.07, 6.45) is -1.31. The molecule has 0 bridgehead atoms. The van der Waals surface area contributed by atoms with Crippen LogP contribution in [0.25, 0.3) is 0 Å². The lowest BCUT2D eigenvalue weighted by Crippen LogP contribution is -2.45. The SMILES string of the molecule is CCN1C=CN(C(F)(F)C(F)F)C1. The summed E-state index contributed by atoms with van der Waals surface area (Å²) in [6.45, 7) is 2.09. The minimum Gasteiger partial charge on any atom is -0.359 e. The van der Waals surface area contributed by atoms with E-state index in [4.69, 9.17) is 0 Å². The highest BCUT2D eigenvalue weighted by atomic mass is 19.3. The Kier molecular flexibility index (Phi) is 2.68. The van der Waals surface area contributed by atoms with Crippen LogP contribution < -0.4 is 0 Å². The number of halogens is 4. The molecule has 6 heteroatoms. The van der Waals surface area contributed by atoms with Crippen molar-refractivity contribution in [3.05, 3.63) is 12.4 Å². The Morgan fingerprint density at radius 3 is 2.38 bits per heavy atom. The lowest BCUT2D eigenvalue weighted by atomic mass is 10.5. The predicted octanol–water partition coefficient (Wildman–Crippen LogP) is 1.91. The van der Waals surface area contributed by atoms with E-state index >= 15 is 0 Å². The van der Waals surface area contributed by atoms with Crippen LogP contribution in [0.15, 0.2) is 12.4 Å². The summed E-state index contributed by atoms with van der Waals surface area (Å²) < 4.78 is 49.0. The highest BCUT2D eigenvalue weighted by Crippen LogP contribution is 2.29. The Bertz CT molecular complexity index is 205. The van der Waals surface area contributed by atoms with Gasteiger partial charge < -0.3 is 4.90 Å². The van der Waals surface area contributed by atoms with Gasteiger partial charge in [-0.15, -0.1) is 0 Å². The van der Waals surface area contributed by atoms with Crippen LogP contribution in [0, 0.1) is 0 Å². The van der Waals surface area contributed by atoms with Gasteiger partial charge in [0.15, 0.2) is 0 Å². The fourth-order valence-corrected chi connectivity index (χ4v) is 0.989. The maximum atomic E-state index is 12.7. The molecule has 1 heterocycles. The van der Waals surface area contributed by atoms with E-state index < -0.39 is 12.5 Å². The average molecular weight is 198 g/mol. The first-order valence-corrected chi connectivity index (χ1v) is 3.83. The molecule has 0 aliphatic carbocycles. The molecule has 13 heavy (non-hydrogen) atoms. The quantitative estimate of drug-likeness (QED) is 0.505. The molecule has 0 atom stereocenters. The lowest BCUT2D eigenvalue weighted by molar-refractivity contribution is -0.213. The van der Waals surface area contributed by atoms with Crippen LogP contribution in [-0.2, 0) is 0 Å². The molecule has 76 valence electrons. The second-order valence-corrected chi connectivity index (χ2v) is 2.70. The van der Waals surface area contributed by atoms with Gasteiger partial charge in [-0.25, -0.2) is 8.78 Å². The molecule has 0 aromatic rings. The van der Waals surface area contributed by atoms with E-state index in [1.165, 1.54) is 11.1 Å². The van der Waals surface area contributed by atoms with E-state index in [-0.39, 0.29) is 6.67 Å². The van der Waals surface area contributed by atoms with Crippen LogP contribution in [0.4, 0.5) is 17.6 Å².